The average Bonchev–Trinajstić information content (AvgIpc) is 2.93. The molecule has 1 unspecified atom stereocenters. The van der Waals surface area contributed by atoms with Crippen LogP contribution in [0.4, 0.5) is 0 Å². The summed E-state index contributed by atoms with van der Waals surface area (Å²) >= 11 is 1.62. The van der Waals surface area contributed by atoms with Crippen molar-refractivity contribution < 1.29 is 4.79 Å². The SMILES string of the molecule is Cc1nc(-c2cccc(C(=O)N3CCCC(N)C3)c2)cs1.Cl.Cl. The van der Waals surface area contributed by atoms with E-state index < -0.39 is 0 Å². The molecule has 1 aromatic carbocycles. The van der Waals surface area contributed by atoms with Gasteiger partial charge in [0.25, 0.3) is 5.91 Å². The summed E-state index contributed by atoms with van der Waals surface area (Å²) in [6.07, 6.45) is 1.99. The van der Waals surface area contributed by atoms with Gasteiger partial charge in [0, 0.05) is 35.6 Å². The summed E-state index contributed by atoms with van der Waals surface area (Å²) < 4.78 is 0. The fourth-order valence-electron chi connectivity index (χ4n) is 2.68. The third-order valence-corrected chi connectivity index (χ3v) is 4.54. The summed E-state index contributed by atoms with van der Waals surface area (Å²) in [4.78, 5) is 18.9. The zero-order chi connectivity index (χ0) is 14.8. The van der Waals surface area contributed by atoms with E-state index in [-0.39, 0.29) is 36.8 Å². The molecule has 126 valence electrons. The predicted molar refractivity (Wildman–Crippen MR) is 99.9 cm³/mol. The van der Waals surface area contributed by atoms with Gasteiger partial charge in [-0.1, -0.05) is 12.1 Å². The van der Waals surface area contributed by atoms with Crippen LogP contribution in [0.25, 0.3) is 11.3 Å². The fraction of sp³-hybridized carbons (Fsp3) is 0.375. The number of benzene rings is 1. The summed E-state index contributed by atoms with van der Waals surface area (Å²) in [6, 6.07) is 7.81. The predicted octanol–water partition coefficient (Wildman–Crippen LogP) is 3.53. The maximum Gasteiger partial charge on any atom is 0.253 e. The molecule has 4 nitrogen and oxygen atoms in total. The van der Waals surface area contributed by atoms with Crippen LogP contribution in [0.1, 0.15) is 28.2 Å². The fourth-order valence-corrected chi connectivity index (χ4v) is 3.31. The maximum absolute atomic E-state index is 12.6. The number of carbonyl (C=O) groups is 1. The molecule has 1 saturated heterocycles. The number of aromatic nitrogens is 1. The van der Waals surface area contributed by atoms with Gasteiger partial charge in [-0.15, -0.1) is 36.2 Å². The maximum atomic E-state index is 12.6. The first-order valence-electron chi connectivity index (χ1n) is 7.21. The monoisotopic (exact) mass is 373 g/mol. The Morgan fingerprint density at radius 1 is 1.39 bits per heavy atom. The molecule has 0 saturated carbocycles. The number of nitrogens with zero attached hydrogens (tertiary/aromatic N) is 2. The third kappa shape index (κ3) is 4.67. The van der Waals surface area contributed by atoms with E-state index in [1.807, 2.05) is 41.5 Å². The molecular formula is C16H21Cl2N3OS. The molecule has 0 bridgehead atoms. The number of rotatable bonds is 2. The Kier molecular flexibility index (Phi) is 7.48. The number of likely N-dealkylation sites (tertiary alicyclic amines) is 1. The highest BCUT2D eigenvalue weighted by Gasteiger charge is 2.22. The summed E-state index contributed by atoms with van der Waals surface area (Å²) in [5.74, 6) is 0.0685. The van der Waals surface area contributed by atoms with Crippen molar-refractivity contribution in [3.05, 3.63) is 40.2 Å². The molecule has 7 heteroatoms. The number of halogens is 2. The van der Waals surface area contributed by atoms with E-state index in [1.165, 1.54) is 0 Å². The Bertz CT molecular complexity index is 662. The molecule has 1 aliphatic heterocycles. The van der Waals surface area contributed by atoms with Gasteiger partial charge < -0.3 is 10.6 Å². The van der Waals surface area contributed by atoms with E-state index >= 15 is 0 Å². The zero-order valence-corrected chi connectivity index (χ0v) is 15.3. The normalized spacial score (nSPS) is 17.1. The third-order valence-electron chi connectivity index (χ3n) is 3.77. The minimum atomic E-state index is 0. The van der Waals surface area contributed by atoms with Gasteiger partial charge in [0.2, 0.25) is 0 Å². The Morgan fingerprint density at radius 2 is 2.17 bits per heavy atom. The molecule has 1 fully saturated rings. The van der Waals surface area contributed by atoms with Crippen molar-refractivity contribution in [2.24, 2.45) is 5.73 Å². The van der Waals surface area contributed by atoms with Crippen LogP contribution in [0.15, 0.2) is 29.6 Å². The van der Waals surface area contributed by atoms with Crippen LogP contribution >= 0.6 is 36.2 Å². The van der Waals surface area contributed by atoms with Crippen molar-refractivity contribution in [3.8, 4) is 11.3 Å². The standard InChI is InChI=1S/C16H19N3OS.2ClH/c1-11-18-15(10-21-11)12-4-2-5-13(8-12)16(20)19-7-3-6-14(17)9-19;;/h2,4-5,8,10,14H,3,6-7,9,17H2,1H3;2*1H. The Morgan fingerprint density at radius 3 is 2.83 bits per heavy atom. The molecular weight excluding hydrogens is 353 g/mol. The number of hydrogen-bond donors (Lipinski definition) is 1. The largest absolute Gasteiger partial charge is 0.337 e. The van der Waals surface area contributed by atoms with Gasteiger partial charge in [-0.05, 0) is 31.9 Å². The first-order valence-corrected chi connectivity index (χ1v) is 8.09. The highest BCUT2D eigenvalue weighted by molar-refractivity contribution is 7.09. The number of amides is 1. The number of hydrogen-bond acceptors (Lipinski definition) is 4. The second-order valence-electron chi connectivity index (χ2n) is 5.49. The Hall–Kier alpha value is -1.14. The van der Waals surface area contributed by atoms with Crippen molar-refractivity contribution in [1.82, 2.24) is 9.88 Å². The van der Waals surface area contributed by atoms with Gasteiger partial charge >= 0.3 is 0 Å². The van der Waals surface area contributed by atoms with E-state index in [9.17, 15) is 4.79 Å². The van der Waals surface area contributed by atoms with Crippen molar-refractivity contribution in [3.63, 3.8) is 0 Å². The average molecular weight is 374 g/mol. The van der Waals surface area contributed by atoms with E-state index in [2.05, 4.69) is 4.98 Å². The van der Waals surface area contributed by atoms with Crippen molar-refractivity contribution in [2.45, 2.75) is 25.8 Å². The van der Waals surface area contributed by atoms with Crippen LogP contribution in [-0.2, 0) is 0 Å². The minimum Gasteiger partial charge on any atom is -0.337 e. The number of aryl methyl sites for hydroxylation is 1. The summed E-state index contributed by atoms with van der Waals surface area (Å²) in [5.41, 5.74) is 8.60. The molecule has 2 aromatic rings. The number of carbonyl (C=O) groups excluding carboxylic acids is 1. The van der Waals surface area contributed by atoms with Crippen molar-refractivity contribution in [1.29, 1.82) is 0 Å². The first kappa shape index (κ1) is 19.9. The number of nitrogens with two attached hydrogens (primary N) is 1. The molecule has 0 spiro atoms. The van der Waals surface area contributed by atoms with E-state index in [1.54, 1.807) is 11.3 Å². The lowest BCUT2D eigenvalue weighted by Crippen LogP contribution is -2.45. The topological polar surface area (TPSA) is 59.2 Å². The van der Waals surface area contributed by atoms with E-state index in [4.69, 9.17) is 5.73 Å². The molecule has 0 radical (unpaired) electrons. The van der Waals surface area contributed by atoms with Crippen LogP contribution in [0.2, 0.25) is 0 Å². The smallest absolute Gasteiger partial charge is 0.253 e. The molecule has 23 heavy (non-hydrogen) atoms. The summed E-state index contributed by atoms with van der Waals surface area (Å²) in [6.45, 7) is 3.43. The second kappa shape index (κ2) is 8.64. The lowest BCUT2D eigenvalue weighted by molar-refractivity contribution is 0.0709. The lowest BCUT2D eigenvalue weighted by Gasteiger charge is -2.30. The van der Waals surface area contributed by atoms with Crippen molar-refractivity contribution >= 4 is 42.1 Å². The highest BCUT2D eigenvalue weighted by atomic mass is 35.5. The van der Waals surface area contributed by atoms with E-state index in [0.717, 1.165) is 35.7 Å². The molecule has 0 aliphatic carbocycles. The summed E-state index contributed by atoms with van der Waals surface area (Å²) in [5, 5.41) is 3.05. The van der Waals surface area contributed by atoms with Gasteiger partial charge in [0.1, 0.15) is 0 Å². The van der Waals surface area contributed by atoms with Crippen molar-refractivity contribution in [2.75, 3.05) is 13.1 Å². The van der Waals surface area contributed by atoms with Gasteiger partial charge in [-0.3, -0.25) is 4.79 Å². The Labute approximate surface area is 152 Å². The molecule has 2 N–H and O–H groups in total. The molecule has 1 aliphatic rings. The lowest BCUT2D eigenvalue weighted by atomic mass is 10.0. The molecule has 1 aromatic heterocycles. The quantitative estimate of drug-likeness (QED) is 0.875. The Balaban J connectivity index is 0.00000132. The molecule has 2 heterocycles. The first-order chi connectivity index (χ1) is 10.1. The molecule has 1 amide bonds. The van der Waals surface area contributed by atoms with Gasteiger partial charge in [0.15, 0.2) is 0 Å². The second-order valence-corrected chi connectivity index (χ2v) is 6.55. The molecule has 3 rings (SSSR count). The minimum absolute atomic E-state index is 0. The van der Waals surface area contributed by atoms with Gasteiger partial charge in [-0.25, -0.2) is 4.98 Å². The van der Waals surface area contributed by atoms with Crippen LogP contribution < -0.4 is 5.73 Å². The zero-order valence-electron chi connectivity index (χ0n) is 12.9. The highest BCUT2D eigenvalue weighted by Crippen LogP contribution is 2.23. The number of piperidine rings is 1. The molecule has 1 atom stereocenters. The van der Waals surface area contributed by atoms with Crippen LogP contribution in [0.3, 0.4) is 0 Å². The van der Waals surface area contributed by atoms with E-state index in [0.29, 0.717) is 12.1 Å². The number of thiazole rings is 1. The van der Waals surface area contributed by atoms with Crippen LogP contribution in [0, 0.1) is 6.92 Å². The van der Waals surface area contributed by atoms with Gasteiger partial charge in [-0.2, -0.15) is 0 Å². The van der Waals surface area contributed by atoms with Crippen LogP contribution in [-0.4, -0.2) is 34.9 Å². The van der Waals surface area contributed by atoms with Crippen LogP contribution in [0.5, 0.6) is 0 Å². The summed E-state index contributed by atoms with van der Waals surface area (Å²) in [7, 11) is 0. The van der Waals surface area contributed by atoms with Gasteiger partial charge in [0.05, 0.1) is 10.7 Å².